The van der Waals surface area contributed by atoms with Crippen LogP contribution in [0, 0.1) is 12.3 Å². The van der Waals surface area contributed by atoms with Crippen LogP contribution in [0.4, 0.5) is 11.4 Å². The number of carbonyl (C=O) groups excluding carboxylic acids is 1. The van der Waals surface area contributed by atoms with E-state index < -0.39 is 0 Å². The Kier molecular flexibility index (Phi) is 6.68. The van der Waals surface area contributed by atoms with E-state index in [-0.39, 0.29) is 5.91 Å². The van der Waals surface area contributed by atoms with E-state index >= 15 is 0 Å². The zero-order valence-corrected chi connectivity index (χ0v) is 17.3. The van der Waals surface area contributed by atoms with Crippen LogP contribution >= 0.6 is 0 Å². The zero-order valence-electron chi connectivity index (χ0n) is 17.3. The highest BCUT2D eigenvalue weighted by Gasteiger charge is 2.27. The molecule has 0 aromatic heterocycles. The minimum absolute atomic E-state index is 0.0161. The van der Waals surface area contributed by atoms with Gasteiger partial charge in [-0.15, -0.1) is 6.42 Å². The smallest absolute Gasteiger partial charge is 0.225 e. The SMILES string of the molecule is C#CCN(CCC(=O)Nc1ccc(N2CCOCC2)cc1)C1CCc2ccccc21. The van der Waals surface area contributed by atoms with Gasteiger partial charge in [-0.3, -0.25) is 9.69 Å². The van der Waals surface area contributed by atoms with Crippen molar-refractivity contribution >= 4 is 17.3 Å². The van der Waals surface area contributed by atoms with Crippen LogP contribution in [0.5, 0.6) is 0 Å². The molecule has 2 aromatic carbocycles. The van der Waals surface area contributed by atoms with E-state index in [2.05, 4.69) is 57.4 Å². The fourth-order valence-corrected chi connectivity index (χ4v) is 4.42. The quantitative estimate of drug-likeness (QED) is 0.719. The average Bonchev–Trinajstić information content (AvgIpc) is 3.22. The molecule has 1 saturated heterocycles. The van der Waals surface area contributed by atoms with Crippen LogP contribution in [0.1, 0.15) is 30.0 Å². The van der Waals surface area contributed by atoms with E-state index in [1.807, 2.05) is 12.1 Å². The second-order valence-corrected chi connectivity index (χ2v) is 7.87. The number of anilines is 2. The number of aryl methyl sites for hydroxylation is 1. The molecule has 5 nitrogen and oxygen atoms in total. The third-order valence-electron chi connectivity index (χ3n) is 5.99. The maximum absolute atomic E-state index is 12.6. The van der Waals surface area contributed by atoms with Crippen LogP contribution in [0.2, 0.25) is 0 Å². The predicted molar refractivity (Wildman–Crippen MR) is 121 cm³/mol. The van der Waals surface area contributed by atoms with Gasteiger partial charge in [-0.05, 0) is 48.2 Å². The topological polar surface area (TPSA) is 44.8 Å². The van der Waals surface area contributed by atoms with Gasteiger partial charge < -0.3 is 15.0 Å². The first-order chi connectivity index (χ1) is 14.7. The number of nitrogens with one attached hydrogen (secondary N) is 1. The summed E-state index contributed by atoms with van der Waals surface area (Å²) >= 11 is 0. The number of amides is 1. The molecule has 1 heterocycles. The van der Waals surface area contributed by atoms with Crippen molar-refractivity contribution in [1.82, 2.24) is 4.90 Å². The van der Waals surface area contributed by atoms with Crippen molar-refractivity contribution in [2.45, 2.75) is 25.3 Å². The van der Waals surface area contributed by atoms with Gasteiger partial charge in [0.2, 0.25) is 5.91 Å². The van der Waals surface area contributed by atoms with Crippen LogP contribution in [0.3, 0.4) is 0 Å². The van der Waals surface area contributed by atoms with Gasteiger partial charge in [-0.25, -0.2) is 0 Å². The van der Waals surface area contributed by atoms with Gasteiger partial charge in [0, 0.05) is 43.5 Å². The molecule has 2 aliphatic rings. The summed E-state index contributed by atoms with van der Waals surface area (Å²) in [6.07, 6.45) is 8.17. The molecule has 0 bridgehead atoms. The van der Waals surface area contributed by atoms with Gasteiger partial charge >= 0.3 is 0 Å². The average molecular weight is 404 g/mol. The van der Waals surface area contributed by atoms with Crippen molar-refractivity contribution in [2.75, 3.05) is 49.6 Å². The maximum Gasteiger partial charge on any atom is 0.225 e. The molecule has 1 aliphatic carbocycles. The number of carbonyl (C=O) groups is 1. The third kappa shape index (κ3) is 4.84. The molecule has 4 rings (SSSR count). The number of terminal acetylenes is 1. The molecule has 1 amide bonds. The lowest BCUT2D eigenvalue weighted by Crippen LogP contribution is -2.36. The Hall–Kier alpha value is -2.81. The molecule has 0 radical (unpaired) electrons. The van der Waals surface area contributed by atoms with E-state index in [9.17, 15) is 4.79 Å². The molecule has 1 aliphatic heterocycles. The molecule has 1 fully saturated rings. The third-order valence-corrected chi connectivity index (χ3v) is 5.99. The standard InChI is InChI=1S/C25H29N3O2/c1-2-14-28(24-12-7-20-5-3-4-6-23(20)24)15-13-25(29)26-21-8-10-22(11-9-21)27-16-18-30-19-17-27/h1,3-6,8-11,24H,7,12-19H2,(H,26,29). The lowest BCUT2D eigenvalue weighted by molar-refractivity contribution is -0.116. The van der Waals surface area contributed by atoms with Crippen LogP contribution < -0.4 is 10.2 Å². The summed E-state index contributed by atoms with van der Waals surface area (Å²) in [5.41, 5.74) is 4.74. The van der Waals surface area contributed by atoms with E-state index in [0.717, 1.165) is 50.5 Å². The number of ether oxygens (including phenoxy) is 1. The fourth-order valence-electron chi connectivity index (χ4n) is 4.42. The van der Waals surface area contributed by atoms with Crippen molar-refractivity contribution in [1.29, 1.82) is 0 Å². The minimum atomic E-state index is 0.0161. The Morgan fingerprint density at radius 1 is 1.17 bits per heavy atom. The molecule has 2 aromatic rings. The van der Waals surface area contributed by atoms with Gasteiger partial charge in [0.15, 0.2) is 0 Å². The second kappa shape index (κ2) is 9.80. The molecule has 1 atom stereocenters. The van der Waals surface area contributed by atoms with Gasteiger partial charge in [-0.1, -0.05) is 30.2 Å². The number of hydrogen-bond donors (Lipinski definition) is 1. The molecule has 0 spiro atoms. The Balaban J connectivity index is 1.31. The highest BCUT2D eigenvalue weighted by atomic mass is 16.5. The van der Waals surface area contributed by atoms with Crippen molar-refractivity contribution in [3.05, 3.63) is 59.7 Å². The Morgan fingerprint density at radius 3 is 2.70 bits per heavy atom. The summed E-state index contributed by atoms with van der Waals surface area (Å²) < 4.78 is 5.40. The van der Waals surface area contributed by atoms with Gasteiger partial charge in [0.05, 0.1) is 19.8 Å². The molecule has 0 saturated carbocycles. The minimum Gasteiger partial charge on any atom is -0.378 e. The summed E-state index contributed by atoms with van der Waals surface area (Å²) in [6.45, 7) is 4.54. The summed E-state index contributed by atoms with van der Waals surface area (Å²) in [6, 6.07) is 16.9. The van der Waals surface area contributed by atoms with E-state index in [0.29, 0.717) is 25.6 Å². The molecule has 156 valence electrons. The first kappa shape index (κ1) is 20.5. The highest BCUT2D eigenvalue weighted by molar-refractivity contribution is 5.91. The number of rotatable bonds is 7. The van der Waals surface area contributed by atoms with Gasteiger partial charge in [0.1, 0.15) is 0 Å². The maximum atomic E-state index is 12.6. The molecule has 1 unspecified atom stereocenters. The van der Waals surface area contributed by atoms with Crippen molar-refractivity contribution in [3.63, 3.8) is 0 Å². The number of morpholine rings is 1. The lowest BCUT2D eigenvalue weighted by Gasteiger charge is -2.29. The molecular weight excluding hydrogens is 374 g/mol. The predicted octanol–water partition coefficient (Wildman–Crippen LogP) is 3.47. The molecule has 5 heteroatoms. The highest BCUT2D eigenvalue weighted by Crippen LogP contribution is 2.35. The summed E-state index contributed by atoms with van der Waals surface area (Å²) in [4.78, 5) is 17.1. The fraction of sp³-hybridized carbons (Fsp3) is 0.400. The van der Waals surface area contributed by atoms with E-state index in [4.69, 9.17) is 11.2 Å². The number of hydrogen-bond acceptors (Lipinski definition) is 4. The zero-order chi connectivity index (χ0) is 20.8. The summed E-state index contributed by atoms with van der Waals surface area (Å²) in [7, 11) is 0. The van der Waals surface area contributed by atoms with E-state index in [1.165, 1.54) is 11.1 Å². The Morgan fingerprint density at radius 2 is 1.93 bits per heavy atom. The van der Waals surface area contributed by atoms with Crippen molar-refractivity contribution in [3.8, 4) is 12.3 Å². The molecule has 1 N–H and O–H groups in total. The first-order valence-corrected chi connectivity index (χ1v) is 10.7. The normalized spacial score (nSPS) is 18.1. The van der Waals surface area contributed by atoms with Gasteiger partial charge in [0.25, 0.3) is 0 Å². The Labute approximate surface area is 179 Å². The monoisotopic (exact) mass is 403 g/mol. The first-order valence-electron chi connectivity index (χ1n) is 10.7. The molecule has 30 heavy (non-hydrogen) atoms. The Bertz CT molecular complexity index is 897. The van der Waals surface area contributed by atoms with Crippen LogP contribution in [-0.2, 0) is 16.0 Å². The largest absolute Gasteiger partial charge is 0.378 e. The van der Waals surface area contributed by atoms with Crippen molar-refractivity contribution < 1.29 is 9.53 Å². The van der Waals surface area contributed by atoms with Crippen LogP contribution in [-0.4, -0.2) is 50.2 Å². The second-order valence-electron chi connectivity index (χ2n) is 7.87. The number of fused-ring (bicyclic) bond motifs is 1. The summed E-state index contributed by atoms with van der Waals surface area (Å²) in [5.74, 6) is 2.78. The lowest BCUT2D eigenvalue weighted by atomic mass is 10.1. The van der Waals surface area contributed by atoms with Gasteiger partial charge in [-0.2, -0.15) is 0 Å². The number of nitrogens with zero attached hydrogens (tertiary/aromatic N) is 2. The van der Waals surface area contributed by atoms with Crippen LogP contribution in [0.25, 0.3) is 0 Å². The van der Waals surface area contributed by atoms with Crippen molar-refractivity contribution in [2.24, 2.45) is 0 Å². The number of benzene rings is 2. The molecular formula is C25H29N3O2. The van der Waals surface area contributed by atoms with Crippen LogP contribution in [0.15, 0.2) is 48.5 Å². The summed E-state index contributed by atoms with van der Waals surface area (Å²) in [5, 5.41) is 3.02. The van der Waals surface area contributed by atoms with E-state index in [1.54, 1.807) is 0 Å².